The minimum absolute atomic E-state index is 0.313. The highest BCUT2D eigenvalue weighted by molar-refractivity contribution is 9.11. The molecule has 1 unspecified atom stereocenters. The van der Waals surface area contributed by atoms with Crippen molar-refractivity contribution in [2.45, 2.75) is 44.6 Å². The van der Waals surface area contributed by atoms with E-state index in [1.807, 2.05) is 0 Å². The molecule has 0 radical (unpaired) electrons. The molecule has 0 spiro atoms. The third-order valence-electron chi connectivity index (χ3n) is 4.34. The first-order chi connectivity index (χ1) is 10.3. The third-order valence-corrected chi connectivity index (χ3v) is 5.86. The van der Waals surface area contributed by atoms with Crippen molar-refractivity contribution in [3.8, 4) is 0 Å². The van der Waals surface area contributed by atoms with E-state index in [1.54, 1.807) is 11.3 Å². The van der Waals surface area contributed by atoms with Crippen molar-refractivity contribution < 1.29 is 0 Å². The Morgan fingerprint density at radius 3 is 2.76 bits per heavy atom. The summed E-state index contributed by atoms with van der Waals surface area (Å²) < 4.78 is 1.20. The molecule has 21 heavy (non-hydrogen) atoms. The molecule has 0 aliphatic heterocycles. The summed E-state index contributed by atoms with van der Waals surface area (Å²) in [5.41, 5.74) is 4.29. The lowest BCUT2D eigenvalue weighted by molar-refractivity contribution is 0.419. The molecule has 1 aromatic heterocycles. The smallest absolute Gasteiger partial charge is 0.0701 e. The van der Waals surface area contributed by atoms with Gasteiger partial charge in [0.1, 0.15) is 0 Å². The maximum absolute atomic E-state index is 3.70. The lowest BCUT2D eigenvalue weighted by atomic mass is 9.79. The van der Waals surface area contributed by atoms with Gasteiger partial charge < -0.3 is 5.32 Å². The molecule has 112 valence electrons. The summed E-state index contributed by atoms with van der Waals surface area (Å²) in [6.07, 6.45) is 5.27. The van der Waals surface area contributed by atoms with Crippen LogP contribution in [0.3, 0.4) is 0 Å². The van der Waals surface area contributed by atoms with Gasteiger partial charge in [0.2, 0.25) is 0 Å². The average molecular weight is 364 g/mol. The lowest BCUT2D eigenvalue weighted by Gasteiger charge is -2.27. The molecule has 0 bridgehead atoms. The molecule has 1 fully saturated rings. The van der Waals surface area contributed by atoms with Gasteiger partial charge in [-0.05, 0) is 75.8 Å². The molecule has 3 heteroatoms. The number of halogens is 1. The second kappa shape index (κ2) is 7.08. The molecule has 1 heterocycles. The first-order valence-electron chi connectivity index (χ1n) is 7.85. The quantitative estimate of drug-likeness (QED) is 0.676. The van der Waals surface area contributed by atoms with Gasteiger partial charge in [0, 0.05) is 0 Å². The van der Waals surface area contributed by atoms with Crippen LogP contribution in [0.2, 0.25) is 0 Å². The van der Waals surface area contributed by atoms with Crippen LogP contribution in [0.5, 0.6) is 0 Å². The Hall–Kier alpha value is -0.640. The Balaban J connectivity index is 1.88. The number of benzene rings is 1. The second-order valence-corrected chi connectivity index (χ2v) is 8.16. The maximum atomic E-state index is 3.70. The summed E-state index contributed by atoms with van der Waals surface area (Å²) in [5.74, 6) is 0.797. The number of hydrogen-bond acceptors (Lipinski definition) is 2. The molecule has 1 aliphatic rings. The lowest BCUT2D eigenvalue weighted by Crippen LogP contribution is -2.23. The zero-order chi connectivity index (χ0) is 14.7. The van der Waals surface area contributed by atoms with Gasteiger partial charge in [-0.15, -0.1) is 11.3 Å². The molecule has 2 aromatic rings. The van der Waals surface area contributed by atoms with Crippen LogP contribution in [0.25, 0.3) is 0 Å². The average Bonchev–Trinajstić information content (AvgIpc) is 2.84. The highest BCUT2D eigenvalue weighted by Gasteiger charge is 2.21. The topological polar surface area (TPSA) is 12.0 Å². The zero-order valence-electron chi connectivity index (χ0n) is 12.4. The van der Waals surface area contributed by atoms with Gasteiger partial charge in [0.25, 0.3) is 0 Å². The van der Waals surface area contributed by atoms with Gasteiger partial charge in [-0.3, -0.25) is 0 Å². The fourth-order valence-corrected chi connectivity index (χ4v) is 4.13. The van der Waals surface area contributed by atoms with Crippen molar-refractivity contribution in [3.63, 3.8) is 0 Å². The van der Waals surface area contributed by atoms with Gasteiger partial charge in [-0.1, -0.05) is 37.6 Å². The Labute approximate surface area is 139 Å². The first-order valence-corrected chi connectivity index (χ1v) is 9.52. The van der Waals surface area contributed by atoms with E-state index in [-0.39, 0.29) is 0 Å². The summed E-state index contributed by atoms with van der Waals surface area (Å²) in [6.45, 7) is 3.27. The first kappa shape index (κ1) is 15.3. The van der Waals surface area contributed by atoms with Gasteiger partial charge in [-0.2, -0.15) is 0 Å². The van der Waals surface area contributed by atoms with E-state index in [4.69, 9.17) is 0 Å². The molecule has 1 aromatic carbocycles. The molecule has 1 N–H and O–H groups in total. The van der Waals surface area contributed by atoms with Crippen LogP contribution in [0.4, 0.5) is 0 Å². The van der Waals surface area contributed by atoms with E-state index in [2.05, 4.69) is 63.9 Å². The number of rotatable bonds is 6. The highest BCUT2D eigenvalue weighted by Crippen LogP contribution is 2.38. The molecule has 1 aliphatic carbocycles. The minimum atomic E-state index is 0.313. The Kier molecular flexibility index (Phi) is 5.15. The van der Waals surface area contributed by atoms with Crippen LogP contribution in [-0.4, -0.2) is 6.54 Å². The summed E-state index contributed by atoms with van der Waals surface area (Å²) in [6, 6.07) is 11.8. The predicted octanol–water partition coefficient (Wildman–Crippen LogP) is 5.87. The standard InChI is InChI=1S/C18H22BrNS/c1-2-9-20-18(16-11-17(19)21-12-16)15-8-4-7-14(10-15)13-5-3-6-13/h4,7-8,10-13,18,20H,2-3,5-6,9H2,1H3. The number of thiophene rings is 1. The van der Waals surface area contributed by atoms with Gasteiger partial charge >= 0.3 is 0 Å². The third kappa shape index (κ3) is 3.58. The second-order valence-electron chi connectivity index (χ2n) is 5.87. The number of hydrogen-bond donors (Lipinski definition) is 1. The van der Waals surface area contributed by atoms with Crippen molar-refractivity contribution in [1.82, 2.24) is 5.32 Å². The fraction of sp³-hybridized carbons (Fsp3) is 0.444. The Bertz CT molecular complexity index is 588. The van der Waals surface area contributed by atoms with E-state index in [0.717, 1.165) is 18.9 Å². The maximum Gasteiger partial charge on any atom is 0.0701 e. The Morgan fingerprint density at radius 2 is 2.14 bits per heavy atom. The molecule has 1 nitrogen and oxygen atoms in total. The SMILES string of the molecule is CCCNC(c1cccc(C2CCC2)c1)c1csc(Br)c1. The largest absolute Gasteiger partial charge is 0.306 e. The van der Waals surface area contributed by atoms with E-state index < -0.39 is 0 Å². The minimum Gasteiger partial charge on any atom is -0.306 e. The van der Waals surface area contributed by atoms with Crippen LogP contribution in [0.15, 0.2) is 39.5 Å². The summed E-state index contributed by atoms with van der Waals surface area (Å²) >= 11 is 5.35. The van der Waals surface area contributed by atoms with Crippen molar-refractivity contribution in [3.05, 3.63) is 56.2 Å². The molecule has 1 saturated carbocycles. The van der Waals surface area contributed by atoms with Gasteiger partial charge in [-0.25, -0.2) is 0 Å². The number of nitrogens with one attached hydrogen (secondary N) is 1. The zero-order valence-corrected chi connectivity index (χ0v) is 14.8. The van der Waals surface area contributed by atoms with Crippen LogP contribution in [0.1, 0.15) is 61.3 Å². The summed E-state index contributed by atoms with van der Waals surface area (Å²) in [5, 5.41) is 5.96. The van der Waals surface area contributed by atoms with Crippen LogP contribution < -0.4 is 5.32 Å². The summed E-state index contributed by atoms with van der Waals surface area (Å²) in [7, 11) is 0. The molecule has 0 amide bonds. The van der Waals surface area contributed by atoms with E-state index in [9.17, 15) is 0 Å². The van der Waals surface area contributed by atoms with Gasteiger partial charge in [0.15, 0.2) is 0 Å². The molecule has 0 saturated heterocycles. The summed E-state index contributed by atoms with van der Waals surface area (Å²) in [4.78, 5) is 0. The van der Waals surface area contributed by atoms with Crippen LogP contribution in [-0.2, 0) is 0 Å². The normalized spacial score (nSPS) is 16.7. The van der Waals surface area contributed by atoms with E-state index >= 15 is 0 Å². The highest BCUT2D eigenvalue weighted by atomic mass is 79.9. The van der Waals surface area contributed by atoms with Gasteiger partial charge in [0.05, 0.1) is 9.83 Å². The van der Waals surface area contributed by atoms with E-state index in [0.29, 0.717) is 6.04 Å². The van der Waals surface area contributed by atoms with Crippen molar-refractivity contribution in [2.75, 3.05) is 6.54 Å². The molecular formula is C18H22BrNS. The predicted molar refractivity (Wildman–Crippen MR) is 95.2 cm³/mol. The van der Waals surface area contributed by atoms with Crippen molar-refractivity contribution >= 4 is 27.3 Å². The van der Waals surface area contributed by atoms with Crippen LogP contribution in [0, 0.1) is 0 Å². The van der Waals surface area contributed by atoms with E-state index in [1.165, 1.54) is 39.7 Å². The molecule has 1 atom stereocenters. The Morgan fingerprint density at radius 1 is 1.29 bits per heavy atom. The van der Waals surface area contributed by atoms with Crippen molar-refractivity contribution in [1.29, 1.82) is 0 Å². The fourth-order valence-electron chi connectivity index (χ4n) is 2.93. The monoisotopic (exact) mass is 363 g/mol. The van der Waals surface area contributed by atoms with Crippen LogP contribution >= 0.6 is 27.3 Å². The van der Waals surface area contributed by atoms with Crippen molar-refractivity contribution in [2.24, 2.45) is 0 Å². The molecular weight excluding hydrogens is 342 g/mol. The molecule has 3 rings (SSSR count).